The highest BCUT2D eigenvalue weighted by Gasteiger charge is 2.33. The minimum atomic E-state index is 0.0382. The number of hydrogen-bond acceptors (Lipinski definition) is 5. The van der Waals surface area contributed by atoms with E-state index in [1.807, 2.05) is 18.2 Å². The molecule has 0 aliphatic carbocycles. The molecular formula is C16H21NO4. The Bertz CT molecular complexity index is 519. The van der Waals surface area contributed by atoms with Crippen molar-refractivity contribution in [2.45, 2.75) is 18.6 Å². The molecule has 2 aliphatic rings. The van der Waals surface area contributed by atoms with Crippen molar-refractivity contribution in [2.75, 3.05) is 40.5 Å². The zero-order valence-electron chi connectivity index (χ0n) is 12.5. The fourth-order valence-electron chi connectivity index (χ4n) is 3.05. The van der Waals surface area contributed by atoms with Crippen molar-refractivity contribution < 1.29 is 19.0 Å². The van der Waals surface area contributed by atoms with E-state index >= 15 is 0 Å². The summed E-state index contributed by atoms with van der Waals surface area (Å²) in [4.78, 5) is 14.5. The molecule has 0 aromatic heterocycles. The van der Waals surface area contributed by atoms with Crippen molar-refractivity contribution in [3.05, 3.63) is 29.3 Å². The summed E-state index contributed by atoms with van der Waals surface area (Å²) in [6, 6.07) is 5.71. The Morgan fingerprint density at radius 1 is 1.29 bits per heavy atom. The quantitative estimate of drug-likeness (QED) is 0.762. The summed E-state index contributed by atoms with van der Waals surface area (Å²) in [5.74, 6) is 1.04. The first kappa shape index (κ1) is 14.5. The Hall–Kier alpha value is -1.43. The van der Waals surface area contributed by atoms with Gasteiger partial charge in [0.15, 0.2) is 5.78 Å². The molecule has 5 heteroatoms. The van der Waals surface area contributed by atoms with Crippen molar-refractivity contribution in [3.63, 3.8) is 0 Å². The molecular weight excluding hydrogens is 270 g/mol. The standard InChI is InChI=1S/C16H21NO4/c1-19-15-9-17(10-16(15)20-2)8-13(18)11-3-4-14-12(7-11)5-6-21-14/h3-4,7,15-16H,5-6,8-10H2,1-2H3. The van der Waals surface area contributed by atoms with Gasteiger partial charge in [-0.1, -0.05) is 0 Å². The maximum atomic E-state index is 12.4. The maximum Gasteiger partial charge on any atom is 0.176 e. The summed E-state index contributed by atoms with van der Waals surface area (Å²) in [6.45, 7) is 2.58. The Morgan fingerprint density at radius 2 is 2.00 bits per heavy atom. The fraction of sp³-hybridized carbons (Fsp3) is 0.562. The van der Waals surface area contributed by atoms with Crippen LogP contribution in [-0.2, 0) is 15.9 Å². The molecule has 0 N–H and O–H groups in total. The number of methoxy groups -OCH3 is 2. The van der Waals surface area contributed by atoms with Gasteiger partial charge in [-0.25, -0.2) is 0 Å². The van der Waals surface area contributed by atoms with Crippen molar-refractivity contribution in [1.29, 1.82) is 0 Å². The topological polar surface area (TPSA) is 48.0 Å². The molecule has 5 nitrogen and oxygen atoms in total. The van der Waals surface area contributed by atoms with E-state index in [1.165, 1.54) is 0 Å². The Morgan fingerprint density at radius 3 is 2.67 bits per heavy atom. The first-order chi connectivity index (χ1) is 10.2. The van der Waals surface area contributed by atoms with Gasteiger partial charge in [-0.3, -0.25) is 9.69 Å². The van der Waals surface area contributed by atoms with Gasteiger partial charge in [-0.15, -0.1) is 0 Å². The van der Waals surface area contributed by atoms with Gasteiger partial charge in [0.25, 0.3) is 0 Å². The summed E-state index contributed by atoms with van der Waals surface area (Å²) < 4.78 is 16.3. The summed E-state index contributed by atoms with van der Waals surface area (Å²) >= 11 is 0. The van der Waals surface area contributed by atoms with Crippen LogP contribution in [0.1, 0.15) is 15.9 Å². The van der Waals surface area contributed by atoms with Gasteiger partial charge in [0, 0.05) is 39.3 Å². The molecule has 2 unspecified atom stereocenters. The van der Waals surface area contributed by atoms with Crippen LogP contribution >= 0.6 is 0 Å². The van der Waals surface area contributed by atoms with Crippen LogP contribution in [0.5, 0.6) is 5.75 Å². The molecule has 1 aromatic carbocycles. The first-order valence-electron chi connectivity index (χ1n) is 7.28. The van der Waals surface area contributed by atoms with Gasteiger partial charge in [-0.05, 0) is 23.8 Å². The predicted molar refractivity (Wildman–Crippen MR) is 78.0 cm³/mol. The number of hydrogen-bond donors (Lipinski definition) is 0. The number of fused-ring (bicyclic) bond motifs is 1. The molecule has 0 saturated carbocycles. The largest absolute Gasteiger partial charge is 0.493 e. The lowest BCUT2D eigenvalue weighted by atomic mass is 10.1. The van der Waals surface area contributed by atoms with E-state index in [9.17, 15) is 4.79 Å². The van der Waals surface area contributed by atoms with Gasteiger partial charge in [-0.2, -0.15) is 0 Å². The predicted octanol–water partition coefficient (Wildman–Crippen LogP) is 1.15. The third-order valence-corrected chi connectivity index (χ3v) is 4.28. The summed E-state index contributed by atoms with van der Waals surface area (Å²) in [6.07, 6.45) is 0.963. The fourth-order valence-corrected chi connectivity index (χ4v) is 3.05. The van der Waals surface area contributed by atoms with Crippen LogP contribution in [0, 0.1) is 0 Å². The highest BCUT2D eigenvalue weighted by molar-refractivity contribution is 5.98. The molecule has 1 fully saturated rings. The van der Waals surface area contributed by atoms with Crippen LogP contribution in [0.15, 0.2) is 18.2 Å². The van der Waals surface area contributed by atoms with Crippen LogP contribution in [0.2, 0.25) is 0 Å². The third kappa shape index (κ3) is 2.95. The number of carbonyl (C=O) groups is 1. The summed E-state index contributed by atoms with van der Waals surface area (Å²) in [7, 11) is 3.37. The molecule has 21 heavy (non-hydrogen) atoms. The number of Topliss-reactive ketones (excluding diaryl/α,β-unsaturated/α-hetero) is 1. The lowest BCUT2D eigenvalue weighted by molar-refractivity contribution is -0.00461. The molecule has 114 valence electrons. The lowest BCUT2D eigenvalue weighted by Gasteiger charge is -2.14. The maximum absolute atomic E-state index is 12.4. The number of benzene rings is 1. The average Bonchev–Trinajstić information content (AvgIpc) is 3.11. The summed E-state index contributed by atoms with van der Waals surface area (Å²) in [5, 5.41) is 0. The second-order valence-electron chi connectivity index (χ2n) is 5.59. The second kappa shape index (κ2) is 6.13. The van der Waals surface area contributed by atoms with Crippen LogP contribution < -0.4 is 4.74 Å². The third-order valence-electron chi connectivity index (χ3n) is 4.28. The molecule has 2 heterocycles. The van der Waals surface area contributed by atoms with Crippen molar-refractivity contribution in [3.8, 4) is 5.75 Å². The van der Waals surface area contributed by atoms with Crippen molar-refractivity contribution in [1.82, 2.24) is 4.90 Å². The minimum absolute atomic E-state index is 0.0382. The molecule has 0 radical (unpaired) electrons. The zero-order chi connectivity index (χ0) is 14.8. The normalized spacial score (nSPS) is 24.9. The summed E-state index contributed by atoms with van der Waals surface area (Å²) in [5.41, 5.74) is 1.89. The smallest absolute Gasteiger partial charge is 0.176 e. The lowest BCUT2D eigenvalue weighted by Crippen LogP contribution is -2.29. The molecule has 2 aliphatic heterocycles. The van der Waals surface area contributed by atoms with E-state index in [-0.39, 0.29) is 18.0 Å². The molecule has 2 atom stereocenters. The number of carbonyl (C=O) groups excluding carboxylic acids is 1. The van der Waals surface area contributed by atoms with Crippen LogP contribution in [0.3, 0.4) is 0 Å². The van der Waals surface area contributed by atoms with Crippen molar-refractivity contribution in [2.24, 2.45) is 0 Å². The van der Waals surface area contributed by atoms with Crippen LogP contribution in [-0.4, -0.2) is 63.4 Å². The van der Waals surface area contributed by atoms with E-state index < -0.39 is 0 Å². The van der Waals surface area contributed by atoms with Crippen LogP contribution in [0.25, 0.3) is 0 Å². The molecule has 3 rings (SSSR count). The van der Waals surface area contributed by atoms with E-state index in [1.54, 1.807) is 14.2 Å². The highest BCUT2D eigenvalue weighted by atomic mass is 16.5. The number of nitrogens with zero attached hydrogens (tertiary/aromatic N) is 1. The second-order valence-corrected chi connectivity index (χ2v) is 5.59. The minimum Gasteiger partial charge on any atom is -0.493 e. The van der Waals surface area contributed by atoms with Crippen molar-refractivity contribution >= 4 is 5.78 Å². The zero-order valence-corrected chi connectivity index (χ0v) is 12.5. The van der Waals surface area contributed by atoms with Gasteiger partial charge < -0.3 is 14.2 Å². The number of likely N-dealkylation sites (tertiary alicyclic amines) is 1. The average molecular weight is 291 g/mol. The van der Waals surface area contributed by atoms with E-state index in [0.29, 0.717) is 13.2 Å². The Kier molecular flexibility index (Phi) is 4.24. The molecule has 0 spiro atoms. The Balaban J connectivity index is 1.64. The molecule has 0 bridgehead atoms. The number of ether oxygens (including phenoxy) is 3. The molecule has 1 aromatic rings. The van der Waals surface area contributed by atoms with Gasteiger partial charge in [0.05, 0.1) is 25.4 Å². The molecule has 1 saturated heterocycles. The SMILES string of the molecule is COC1CN(CC(=O)c2ccc3c(c2)CCO3)CC1OC. The first-order valence-corrected chi connectivity index (χ1v) is 7.28. The van der Waals surface area contributed by atoms with Gasteiger partial charge in [0.1, 0.15) is 5.75 Å². The monoisotopic (exact) mass is 291 g/mol. The van der Waals surface area contributed by atoms with Crippen LogP contribution in [0.4, 0.5) is 0 Å². The van der Waals surface area contributed by atoms with Gasteiger partial charge >= 0.3 is 0 Å². The van der Waals surface area contributed by atoms with E-state index in [0.717, 1.165) is 36.4 Å². The van der Waals surface area contributed by atoms with Gasteiger partial charge in [0.2, 0.25) is 0 Å². The number of ketones is 1. The van der Waals surface area contributed by atoms with E-state index in [4.69, 9.17) is 14.2 Å². The number of rotatable bonds is 5. The highest BCUT2D eigenvalue weighted by Crippen LogP contribution is 2.26. The molecule has 0 amide bonds. The Labute approximate surface area is 124 Å². The van der Waals surface area contributed by atoms with E-state index in [2.05, 4.69) is 4.90 Å².